The lowest BCUT2D eigenvalue weighted by Crippen LogP contribution is -2.13. The quantitative estimate of drug-likeness (QED) is 0.333. The summed E-state index contributed by atoms with van der Waals surface area (Å²) in [4.78, 5) is 27.5. The molecule has 0 atom stereocenters. The van der Waals surface area contributed by atoms with Crippen LogP contribution in [0.4, 0.5) is 24.5 Å². The van der Waals surface area contributed by atoms with Gasteiger partial charge in [-0.25, -0.2) is 22.7 Å². The fraction of sp³-hybridized carbons (Fsp3) is 0.0952. The van der Waals surface area contributed by atoms with Crippen molar-refractivity contribution in [1.82, 2.24) is 14.6 Å². The van der Waals surface area contributed by atoms with Gasteiger partial charge in [-0.1, -0.05) is 0 Å². The van der Waals surface area contributed by atoms with Crippen LogP contribution in [-0.2, 0) is 0 Å². The van der Waals surface area contributed by atoms with Gasteiger partial charge in [0.2, 0.25) is 0 Å². The van der Waals surface area contributed by atoms with Crippen LogP contribution in [-0.4, -0.2) is 32.5 Å². The van der Waals surface area contributed by atoms with Crippen LogP contribution in [0.25, 0.3) is 16.9 Å². The Balaban J connectivity index is 1.77. The van der Waals surface area contributed by atoms with Crippen molar-refractivity contribution >= 4 is 22.9 Å². The van der Waals surface area contributed by atoms with Crippen LogP contribution < -0.4 is 10.1 Å². The molecule has 1 amide bonds. The van der Waals surface area contributed by atoms with Crippen LogP contribution in [0.3, 0.4) is 0 Å². The topological polar surface area (TPSA) is 112 Å². The number of nitrogens with zero attached hydrogens (tertiary/aromatic N) is 4. The molecule has 2 heterocycles. The summed E-state index contributed by atoms with van der Waals surface area (Å²) in [5.41, 5.74) is -0.437. The molecule has 0 bridgehead atoms. The molecule has 33 heavy (non-hydrogen) atoms. The summed E-state index contributed by atoms with van der Waals surface area (Å²) in [5.74, 6) is -1.22. The Labute approximate surface area is 183 Å². The minimum absolute atomic E-state index is 0.0299. The lowest BCUT2D eigenvalue weighted by Gasteiger charge is -2.10. The molecule has 0 fully saturated rings. The van der Waals surface area contributed by atoms with Gasteiger partial charge in [0.1, 0.15) is 22.8 Å². The highest BCUT2D eigenvalue weighted by molar-refractivity contribution is 6.09. The number of anilines is 1. The van der Waals surface area contributed by atoms with Crippen molar-refractivity contribution in [2.45, 2.75) is 6.43 Å². The molecule has 0 spiro atoms. The van der Waals surface area contributed by atoms with E-state index in [9.17, 15) is 28.1 Å². The predicted octanol–water partition coefficient (Wildman–Crippen LogP) is 4.64. The molecule has 0 radical (unpaired) electrons. The summed E-state index contributed by atoms with van der Waals surface area (Å²) in [7, 11) is 1.27. The van der Waals surface area contributed by atoms with E-state index in [4.69, 9.17) is 4.74 Å². The first-order valence-electron chi connectivity index (χ1n) is 9.35. The van der Waals surface area contributed by atoms with E-state index >= 15 is 0 Å². The number of nitrogens with one attached hydrogen (secondary N) is 1. The van der Waals surface area contributed by atoms with Crippen molar-refractivity contribution < 1.29 is 27.6 Å². The van der Waals surface area contributed by atoms with Gasteiger partial charge in [-0.3, -0.25) is 14.9 Å². The van der Waals surface area contributed by atoms with Crippen molar-refractivity contribution in [3.8, 4) is 17.0 Å². The van der Waals surface area contributed by atoms with Crippen LogP contribution >= 0.6 is 0 Å². The summed E-state index contributed by atoms with van der Waals surface area (Å²) in [6.45, 7) is 0. The molecule has 1 N–H and O–H groups in total. The van der Waals surface area contributed by atoms with Crippen LogP contribution in [0.2, 0.25) is 0 Å². The molecule has 0 unspecified atom stereocenters. The number of halogens is 3. The number of hydrogen-bond donors (Lipinski definition) is 1. The van der Waals surface area contributed by atoms with E-state index in [0.29, 0.717) is 5.56 Å². The van der Waals surface area contributed by atoms with Gasteiger partial charge in [0.15, 0.2) is 5.65 Å². The molecule has 9 nitrogen and oxygen atoms in total. The number of amides is 1. The van der Waals surface area contributed by atoms with Gasteiger partial charge < -0.3 is 10.1 Å². The zero-order valence-electron chi connectivity index (χ0n) is 16.8. The number of nitro groups is 1. The van der Waals surface area contributed by atoms with Crippen LogP contribution in [0, 0.1) is 15.9 Å². The van der Waals surface area contributed by atoms with Gasteiger partial charge in [-0.05, 0) is 36.4 Å². The fourth-order valence-corrected chi connectivity index (χ4v) is 3.16. The number of alkyl halides is 2. The van der Waals surface area contributed by atoms with E-state index < -0.39 is 28.8 Å². The van der Waals surface area contributed by atoms with E-state index in [0.717, 1.165) is 35.0 Å². The van der Waals surface area contributed by atoms with Gasteiger partial charge in [-0.15, -0.1) is 0 Å². The molecular weight excluding hydrogens is 443 g/mol. The average Bonchev–Trinajstić information content (AvgIpc) is 3.23. The Morgan fingerprint density at radius 3 is 2.55 bits per heavy atom. The number of hydrogen-bond acceptors (Lipinski definition) is 6. The number of rotatable bonds is 6. The largest absolute Gasteiger partial charge is 0.494 e. The second kappa shape index (κ2) is 8.57. The number of benzene rings is 2. The summed E-state index contributed by atoms with van der Waals surface area (Å²) >= 11 is 0. The van der Waals surface area contributed by atoms with Gasteiger partial charge in [0, 0.05) is 11.6 Å². The number of carbonyl (C=O) groups excluding carboxylic acids is 1. The Morgan fingerprint density at radius 2 is 1.91 bits per heavy atom. The number of aromatic nitrogens is 3. The third-order valence-corrected chi connectivity index (χ3v) is 4.75. The first-order chi connectivity index (χ1) is 15.8. The number of methoxy groups -OCH3 is 1. The van der Waals surface area contributed by atoms with Gasteiger partial charge in [0.05, 0.1) is 35.7 Å². The van der Waals surface area contributed by atoms with E-state index in [2.05, 4.69) is 15.4 Å². The molecule has 4 rings (SSSR count). The molecule has 2 aromatic carbocycles. The first kappa shape index (κ1) is 21.7. The molecule has 168 valence electrons. The molecule has 4 aromatic rings. The molecule has 0 aliphatic carbocycles. The number of fused-ring (bicyclic) bond motifs is 1. The maximum atomic E-state index is 13.7. The summed E-state index contributed by atoms with van der Waals surface area (Å²) in [5, 5.41) is 17.3. The van der Waals surface area contributed by atoms with E-state index in [1.54, 1.807) is 0 Å². The SMILES string of the molecule is COc1cc([N+](=O)[O-])ccc1NC(=O)c1cnn2c(C(F)F)cc(-c3ccc(F)cc3)nc12. The molecule has 0 aliphatic heterocycles. The average molecular weight is 457 g/mol. The zero-order valence-corrected chi connectivity index (χ0v) is 16.8. The first-order valence-corrected chi connectivity index (χ1v) is 9.35. The Morgan fingerprint density at radius 1 is 1.18 bits per heavy atom. The second-order valence-electron chi connectivity index (χ2n) is 6.76. The Kier molecular flexibility index (Phi) is 5.65. The highest BCUT2D eigenvalue weighted by Crippen LogP contribution is 2.31. The highest BCUT2D eigenvalue weighted by Gasteiger charge is 2.23. The number of nitro benzene ring substituents is 1. The van der Waals surface area contributed by atoms with Crippen molar-refractivity contribution in [2.75, 3.05) is 12.4 Å². The van der Waals surface area contributed by atoms with Crippen LogP contribution in [0.1, 0.15) is 22.5 Å². The molecule has 0 aliphatic rings. The third-order valence-electron chi connectivity index (χ3n) is 4.75. The maximum Gasteiger partial charge on any atom is 0.280 e. The standard InChI is InChI=1S/C21H14F3N5O4/c1-33-18-8-13(29(31)32)6-7-15(18)27-21(30)14-10-25-28-17(19(23)24)9-16(26-20(14)28)11-2-4-12(22)5-3-11/h2-10,19H,1H3,(H,27,30). The van der Waals surface area contributed by atoms with Gasteiger partial charge in [-0.2, -0.15) is 5.10 Å². The van der Waals surface area contributed by atoms with Gasteiger partial charge in [0.25, 0.3) is 18.0 Å². The van der Waals surface area contributed by atoms with Crippen molar-refractivity contribution in [1.29, 1.82) is 0 Å². The number of carbonyl (C=O) groups is 1. The van der Waals surface area contributed by atoms with E-state index in [1.807, 2.05) is 0 Å². The minimum Gasteiger partial charge on any atom is -0.494 e. The lowest BCUT2D eigenvalue weighted by atomic mass is 10.1. The lowest BCUT2D eigenvalue weighted by molar-refractivity contribution is -0.384. The van der Waals surface area contributed by atoms with Crippen LogP contribution in [0.15, 0.2) is 54.7 Å². The van der Waals surface area contributed by atoms with Crippen molar-refractivity contribution in [3.63, 3.8) is 0 Å². The second-order valence-corrected chi connectivity index (χ2v) is 6.76. The summed E-state index contributed by atoms with van der Waals surface area (Å²) in [6, 6.07) is 9.77. The Bertz CT molecular complexity index is 1370. The molecule has 0 saturated carbocycles. The van der Waals surface area contributed by atoms with Gasteiger partial charge >= 0.3 is 0 Å². The van der Waals surface area contributed by atoms with E-state index in [1.165, 1.54) is 31.4 Å². The third kappa shape index (κ3) is 4.18. The number of ether oxygens (including phenoxy) is 1. The Hall–Kier alpha value is -4.48. The van der Waals surface area contributed by atoms with Crippen molar-refractivity contribution in [2.24, 2.45) is 0 Å². The summed E-state index contributed by atoms with van der Waals surface area (Å²) in [6.07, 6.45) is -1.85. The number of non-ortho nitro benzene ring substituents is 1. The summed E-state index contributed by atoms with van der Waals surface area (Å²) < 4.78 is 46.6. The molecule has 12 heteroatoms. The molecule has 0 saturated heterocycles. The molecular formula is C21H14F3N5O4. The maximum absolute atomic E-state index is 13.7. The zero-order chi connectivity index (χ0) is 23.7. The highest BCUT2D eigenvalue weighted by atomic mass is 19.3. The fourth-order valence-electron chi connectivity index (χ4n) is 3.16. The minimum atomic E-state index is -2.93. The van der Waals surface area contributed by atoms with Crippen LogP contribution in [0.5, 0.6) is 5.75 Å². The normalized spacial score (nSPS) is 11.1. The van der Waals surface area contributed by atoms with Crippen molar-refractivity contribution in [3.05, 3.63) is 81.9 Å². The smallest absolute Gasteiger partial charge is 0.280 e. The molecule has 2 aromatic heterocycles. The predicted molar refractivity (Wildman–Crippen MR) is 111 cm³/mol. The van der Waals surface area contributed by atoms with E-state index in [-0.39, 0.29) is 34.0 Å². The monoisotopic (exact) mass is 457 g/mol.